The summed E-state index contributed by atoms with van der Waals surface area (Å²) in [4.78, 5) is 26.1. The van der Waals surface area contributed by atoms with Crippen LogP contribution in [0.15, 0.2) is 48.5 Å². The number of rotatable bonds is 11. The maximum absolute atomic E-state index is 12.2. The summed E-state index contributed by atoms with van der Waals surface area (Å²) < 4.78 is 11.9. The second-order valence-electron chi connectivity index (χ2n) is 8.66. The fraction of sp³-hybridized carbons (Fsp3) is 0.444. The number of hydrogen-bond donors (Lipinski definition) is 3. The summed E-state index contributed by atoms with van der Waals surface area (Å²) in [6.07, 6.45) is 4.00. The van der Waals surface area contributed by atoms with E-state index in [-0.39, 0.29) is 30.3 Å². The van der Waals surface area contributed by atoms with E-state index in [0.717, 1.165) is 41.8 Å². The molecule has 0 bridgehead atoms. The van der Waals surface area contributed by atoms with Gasteiger partial charge in [-0.25, -0.2) is 0 Å². The summed E-state index contributed by atoms with van der Waals surface area (Å²) in [5.74, 6) is 0.722. The molecule has 35 heavy (non-hydrogen) atoms. The second-order valence-corrected chi connectivity index (χ2v) is 8.66. The zero-order valence-electron chi connectivity index (χ0n) is 20.6. The number of guanidine groups is 1. The van der Waals surface area contributed by atoms with Gasteiger partial charge in [0, 0.05) is 52.1 Å². The Morgan fingerprint density at radius 3 is 2.69 bits per heavy atom. The van der Waals surface area contributed by atoms with Gasteiger partial charge in [-0.15, -0.1) is 0 Å². The number of aryl methyl sites for hydroxylation is 1. The maximum Gasteiger partial charge on any atom is 0.226 e. The van der Waals surface area contributed by atoms with E-state index < -0.39 is 0 Å². The maximum atomic E-state index is 12.2. The highest BCUT2D eigenvalue weighted by Gasteiger charge is 2.22. The Morgan fingerprint density at radius 1 is 1.17 bits per heavy atom. The predicted octanol–water partition coefficient (Wildman–Crippen LogP) is 3.35. The minimum atomic E-state index is -0.214. The molecular weight excluding hydrogens is 444 g/mol. The van der Waals surface area contributed by atoms with Gasteiger partial charge in [0.2, 0.25) is 11.8 Å². The van der Waals surface area contributed by atoms with Crippen molar-refractivity contribution in [3.8, 4) is 16.9 Å². The molecule has 8 heteroatoms. The van der Waals surface area contributed by atoms with E-state index in [4.69, 9.17) is 14.9 Å². The number of benzene rings is 2. The normalized spacial score (nSPS) is 14.3. The Kier molecular flexibility index (Phi) is 10.1. The monoisotopic (exact) mass is 480 g/mol. The van der Waals surface area contributed by atoms with E-state index in [1.165, 1.54) is 0 Å². The van der Waals surface area contributed by atoms with Crippen LogP contribution >= 0.6 is 0 Å². The number of amides is 2. The molecular formula is C27H36N4O4. The zero-order chi connectivity index (χ0) is 25.0. The molecule has 1 atom stereocenters. The Balaban J connectivity index is 1.65. The number of carbonyl (C=O) groups is 2. The number of likely N-dealkylation sites (tertiary alicyclic amines) is 1. The molecule has 3 rings (SSSR count). The van der Waals surface area contributed by atoms with Crippen molar-refractivity contribution in [2.75, 3.05) is 33.9 Å². The van der Waals surface area contributed by atoms with Crippen LogP contribution in [-0.4, -0.2) is 62.6 Å². The highest BCUT2D eigenvalue weighted by atomic mass is 16.5. The molecule has 1 aliphatic heterocycles. The minimum absolute atomic E-state index is 0.0163. The molecule has 0 saturated carbocycles. The minimum Gasteiger partial charge on any atom is -0.493 e. The molecule has 2 aromatic carbocycles. The van der Waals surface area contributed by atoms with Crippen molar-refractivity contribution in [3.05, 3.63) is 54.1 Å². The third-order valence-corrected chi connectivity index (χ3v) is 6.16. The van der Waals surface area contributed by atoms with Crippen LogP contribution in [0.5, 0.6) is 5.75 Å². The van der Waals surface area contributed by atoms with Gasteiger partial charge in [0.25, 0.3) is 0 Å². The zero-order valence-corrected chi connectivity index (χ0v) is 20.6. The lowest BCUT2D eigenvalue weighted by Crippen LogP contribution is -2.41. The van der Waals surface area contributed by atoms with E-state index in [9.17, 15) is 9.59 Å². The Hall–Kier alpha value is -3.39. The topological polar surface area (TPSA) is 104 Å². The first-order valence-corrected chi connectivity index (χ1v) is 12.2. The van der Waals surface area contributed by atoms with Gasteiger partial charge in [-0.2, -0.15) is 0 Å². The average Bonchev–Trinajstić information content (AvgIpc) is 2.88. The van der Waals surface area contributed by atoms with Crippen LogP contribution in [0.2, 0.25) is 0 Å². The van der Waals surface area contributed by atoms with E-state index >= 15 is 0 Å². The molecule has 3 N–H and O–H groups in total. The van der Waals surface area contributed by atoms with E-state index in [2.05, 4.69) is 10.6 Å². The highest BCUT2D eigenvalue weighted by molar-refractivity contribution is 5.95. The first-order valence-electron chi connectivity index (χ1n) is 12.2. The first kappa shape index (κ1) is 26.2. The van der Waals surface area contributed by atoms with Crippen LogP contribution in [0.1, 0.15) is 37.7 Å². The lowest BCUT2D eigenvalue weighted by molar-refractivity contribution is -0.135. The number of nitrogens with zero attached hydrogens (tertiary/aromatic N) is 1. The molecule has 1 heterocycles. The molecule has 1 saturated heterocycles. The van der Waals surface area contributed by atoms with Gasteiger partial charge in [0.1, 0.15) is 5.75 Å². The summed E-state index contributed by atoms with van der Waals surface area (Å²) in [7, 11) is 3.26. The van der Waals surface area contributed by atoms with Gasteiger partial charge in [-0.1, -0.05) is 42.5 Å². The van der Waals surface area contributed by atoms with Crippen molar-refractivity contribution in [3.63, 3.8) is 0 Å². The van der Waals surface area contributed by atoms with Crippen molar-refractivity contribution in [1.82, 2.24) is 15.5 Å². The van der Waals surface area contributed by atoms with E-state index in [0.29, 0.717) is 32.4 Å². The molecule has 1 unspecified atom stereocenters. The number of carbonyl (C=O) groups excluding carboxylic acids is 2. The average molecular weight is 481 g/mol. The second kappa shape index (κ2) is 13.5. The third kappa shape index (κ3) is 8.10. The first-order chi connectivity index (χ1) is 17.0. The number of ether oxygens (including phenoxy) is 2. The van der Waals surface area contributed by atoms with Crippen molar-refractivity contribution < 1.29 is 19.1 Å². The Morgan fingerprint density at radius 2 is 1.97 bits per heavy atom. The van der Waals surface area contributed by atoms with E-state index in [1.807, 2.05) is 53.4 Å². The van der Waals surface area contributed by atoms with Gasteiger partial charge in [-0.05, 0) is 36.5 Å². The molecule has 0 radical (unpaired) electrons. The van der Waals surface area contributed by atoms with Crippen molar-refractivity contribution in [2.45, 2.75) is 44.6 Å². The molecule has 0 aliphatic carbocycles. The number of hydrogen-bond acceptors (Lipinski definition) is 5. The number of nitrogens with one attached hydrogen (secondary N) is 3. The quantitative estimate of drug-likeness (QED) is 0.338. The van der Waals surface area contributed by atoms with Gasteiger partial charge in [0.15, 0.2) is 5.96 Å². The van der Waals surface area contributed by atoms with Gasteiger partial charge < -0.3 is 19.7 Å². The van der Waals surface area contributed by atoms with Crippen molar-refractivity contribution in [2.24, 2.45) is 0 Å². The van der Waals surface area contributed by atoms with Crippen molar-refractivity contribution >= 4 is 17.8 Å². The van der Waals surface area contributed by atoms with Crippen LogP contribution in [0, 0.1) is 5.41 Å². The van der Waals surface area contributed by atoms with Gasteiger partial charge in [-0.3, -0.25) is 20.3 Å². The van der Waals surface area contributed by atoms with Crippen LogP contribution in [-0.2, 0) is 20.7 Å². The fourth-order valence-electron chi connectivity index (χ4n) is 4.10. The van der Waals surface area contributed by atoms with Crippen LogP contribution in [0.25, 0.3) is 11.1 Å². The number of methoxy groups -OCH3 is 1. The molecule has 1 aliphatic rings. The lowest BCUT2D eigenvalue weighted by Gasteiger charge is -2.30. The van der Waals surface area contributed by atoms with Gasteiger partial charge in [0.05, 0.1) is 12.7 Å². The Bertz CT molecular complexity index is 996. The fourth-order valence-corrected chi connectivity index (χ4v) is 4.10. The molecule has 2 aromatic rings. The summed E-state index contributed by atoms with van der Waals surface area (Å²) in [5, 5.41) is 12.6. The molecule has 1 fully saturated rings. The molecule has 2 amide bonds. The molecule has 0 aromatic heterocycles. The van der Waals surface area contributed by atoms with E-state index in [1.54, 1.807) is 14.2 Å². The SMILES string of the molecule is CNC(=N)NC(=O)CCc1ccc(-c2ccccc2)c(OCCC(CN2CCCCC2=O)OC)c1. The summed E-state index contributed by atoms with van der Waals surface area (Å²) >= 11 is 0. The summed E-state index contributed by atoms with van der Waals surface area (Å²) in [5.41, 5.74) is 3.01. The molecule has 188 valence electrons. The van der Waals surface area contributed by atoms with Crippen LogP contribution in [0.3, 0.4) is 0 Å². The van der Waals surface area contributed by atoms with Crippen molar-refractivity contribution in [1.29, 1.82) is 5.41 Å². The third-order valence-electron chi connectivity index (χ3n) is 6.16. The number of piperidine rings is 1. The largest absolute Gasteiger partial charge is 0.493 e. The Labute approximate surface area is 207 Å². The lowest BCUT2D eigenvalue weighted by atomic mass is 10.0. The van der Waals surface area contributed by atoms with Crippen LogP contribution < -0.4 is 15.4 Å². The summed E-state index contributed by atoms with van der Waals surface area (Å²) in [6.45, 7) is 1.83. The predicted molar refractivity (Wildman–Crippen MR) is 136 cm³/mol. The highest BCUT2D eigenvalue weighted by Crippen LogP contribution is 2.31. The molecule has 8 nitrogen and oxygen atoms in total. The smallest absolute Gasteiger partial charge is 0.226 e. The molecule has 0 spiro atoms. The standard InChI is InChI=1S/C27H36N4O4/c1-29-27(28)30-25(32)14-12-20-11-13-23(21-8-4-3-5-9-21)24(18-20)35-17-15-22(34-2)19-31-16-7-6-10-26(31)33/h3-5,8-9,11,13,18,22H,6-7,10,12,14-17,19H2,1-2H3,(H3,28,29,30,32). The van der Waals surface area contributed by atoms with Crippen LogP contribution in [0.4, 0.5) is 0 Å². The summed E-state index contributed by atoms with van der Waals surface area (Å²) in [6, 6.07) is 16.0. The van der Waals surface area contributed by atoms with Gasteiger partial charge >= 0.3 is 0 Å².